The van der Waals surface area contributed by atoms with Gasteiger partial charge in [-0.2, -0.15) is 0 Å². The number of rotatable bonds is 6. The van der Waals surface area contributed by atoms with E-state index < -0.39 is 0 Å². The Kier molecular flexibility index (Phi) is 5.05. The summed E-state index contributed by atoms with van der Waals surface area (Å²) in [7, 11) is 0. The van der Waals surface area contributed by atoms with Gasteiger partial charge in [-0.1, -0.05) is 26.7 Å². The summed E-state index contributed by atoms with van der Waals surface area (Å²) in [5, 5.41) is 13.1. The molecule has 1 atom stereocenters. The summed E-state index contributed by atoms with van der Waals surface area (Å²) in [6, 6.07) is 3.60. The van der Waals surface area contributed by atoms with Crippen molar-refractivity contribution >= 4 is 11.5 Å². The molecule has 16 heavy (non-hydrogen) atoms. The van der Waals surface area contributed by atoms with E-state index in [0.717, 1.165) is 18.5 Å². The van der Waals surface area contributed by atoms with Crippen molar-refractivity contribution in [3.8, 4) is 0 Å². The van der Waals surface area contributed by atoms with Crippen LogP contribution in [0.5, 0.6) is 0 Å². The van der Waals surface area contributed by atoms with E-state index in [1.165, 1.54) is 0 Å². The van der Waals surface area contributed by atoms with Gasteiger partial charge in [-0.15, -0.1) is 0 Å². The lowest BCUT2D eigenvalue weighted by atomic mass is 9.96. The van der Waals surface area contributed by atoms with Crippen molar-refractivity contribution in [2.75, 3.05) is 17.6 Å². The van der Waals surface area contributed by atoms with Gasteiger partial charge >= 0.3 is 0 Å². The van der Waals surface area contributed by atoms with Gasteiger partial charge in [-0.05, 0) is 18.1 Å². The monoisotopic (exact) mass is 223 g/mol. The smallest absolute Gasteiger partial charge is 0.123 e. The summed E-state index contributed by atoms with van der Waals surface area (Å²) < 4.78 is 0. The van der Waals surface area contributed by atoms with Gasteiger partial charge in [0.1, 0.15) is 5.82 Å². The maximum atomic E-state index is 9.92. The normalized spacial score (nSPS) is 12.8. The van der Waals surface area contributed by atoms with E-state index in [1.54, 1.807) is 12.3 Å². The van der Waals surface area contributed by atoms with Crippen LogP contribution in [0.3, 0.4) is 0 Å². The minimum absolute atomic E-state index is 0.312. The Hall–Kier alpha value is -1.29. The van der Waals surface area contributed by atoms with Gasteiger partial charge < -0.3 is 16.2 Å². The molecule has 0 bridgehead atoms. The van der Waals surface area contributed by atoms with E-state index >= 15 is 0 Å². The molecule has 0 fully saturated rings. The second-order valence-electron chi connectivity index (χ2n) is 4.00. The molecule has 0 aromatic carbocycles. The summed E-state index contributed by atoms with van der Waals surface area (Å²) in [6.07, 6.45) is 3.36. The molecule has 4 N–H and O–H groups in total. The second kappa shape index (κ2) is 6.33. The van der Waals surface area contributed by atoms with E-state index in [9.17, 15) is 5.11 Å². The van der Waals surface area contributed by atoms with E-state index in [0.29, 0.717) is 18.3 Å². The van der Waals surface area contributed by atoms with Crippen LogP contribution in [0, 0.1) is 5.92 Å². The standard InChI is InChI=1S/C12H21N3O/c1-3-9(4-2)11(16)8-14-10-5-6-12(13)15-7-10/h5-7,9,11,14,16H,3-4,8H2,1-2H3,(H2,13,15). The SMILES string of the molecule is CCC(CC)C(O)CNc1ccc(N)nc1. The highest BCUT2D eigenvalue weighted by Crippen LogP contribution is 2.14. The number of anilines is 2. The number of nitrogen functional groups attached to an aromatic ring is 1. The molecule has 0 saturated heterocycles. The summed E-state index contributed by atoms with van der Waals surface area (Å²) in [4.78, 5) is 3.98. The lowest BCUT2D eigenvalue weighted by Crippen LogP contribution is -2.27. The molecule has 0 amide bonds. The van der Waals surface area contributed by atoms with Crippen LogP contribution in [0.4, 0.5) is 11.5 Å². The Balaban J connectivity index is 2.42. The van der Waals surface area contributed by atoms with Crippen LogP contribution >= 0.6 is 0 Å². The van der Waals surface area contributed by atoms with Crippen molar-refractivity contribution in [2.24, 2.45) is 5.92 Å². The number of nitrogens with one attached hydrogen (secondary N) is 1. The minimum Gasteiger partial charge on any atom is -0.391 e. The second-order valence-corrected chi connectivity index (χ2v) is 4.00. The van der Waals surface area contributed by atoms with Crippen molar-refractivity contribution in [3.05, 3.63) is 18.3 Å². The Bertz CT molecular complexity index is 296. The van der Waals surface area contributed by atoms with Gasteiger partial charge in [-0.3, -0.25) is 0 Å². The van der Waals surface area contributed by atoms with Crippen molar-refractivity contribution < 1.29 is 5.11 Å². The Morgan fingerprint density at radius 2 is 2.06 bits per heavy atom. The first kappa shape index (κ1) is 12.8. The van der Waals surface area contributed by atoms with E-state index in [4.69, 9.17) is 5.73 Å². The first-order chi connectivity index (χ1) is 7.67. The van der Waals surface area contributed by atoms with Crippen LogP contribution in [-0.2, 0) is 0 Å². The van der Waals surface area contributed by atoms with Gasteiger partial charge in [0.25, 0.3) is 0 Å². The van der Waals surface area contributed by atoms with Crippen LogP contribution in [0.15, 0.2) is 18.3 Å². The molecule has 90 valence electrons. The fourth-order valence-electron chi connectivity index (χ4n) is 1.73. The molecule has 0 radical (unpaired) electrons. The van der Waals surface area contributed by atoms with Crippen molar-refractivity contribution in [1.82, 2.24) is 4.98 Å². The first-order valence-corrected chi connectivity index (χ1v) is 5.80. The number of aliphatic hydroxyl groups is 1. The highest BCUT2D eigenvalue weighted by atomic mass is 16.3. The predicted molar refractivity (Wildman–Crippen MR) is 67.2 cm³/mol. The fourth-order valence-corrected chi connectivity index (χ4v) is 1.73. The van der Waals surface area contributed by atoms with Crippen LogP contribution in [0.2, 0.25) is 0 Å². The zero-order valence-electron chi connectivity index (χ0n) is 9.98. The highest BCUT2D eigenvalue weighted by Gasteiger charge is 2.14. The summed E-state index contributed by atoms with van der Waals surface area (Å²) in [6.45, 7) is 4.75. The number of aliphatic hydroxyl groups excluding tert-OH is 1. The van der Waals surface area contributed by atoms with E-state index in [2.05, 4.69) is 24.1 Å². The fraction of sp³-hybridized carbons (Fsp3) is 0.583. The molecule has 4 nitrogen and oxygen atoms in total. The van der Waals surface area contributed by atoms with Gasteiger partial charge in [0.05, 0.1) is 18.0 Å². The van der Waals surface area contributed by atoms with Gasteiger partial charge in [0.2, 0.25) is 0 Å². The number of nitrogens with two attached hydrogens (primary N) is 1. The van der Waals surface area contributed by atoms with Crippen LogP contribution in [-0.4, -0.2) is 22.7 Å². The Morgan fingerprint density at radius 3 is 2.56 bits per heavy atom. The number of hydrogen-bond acceptors (Lipinski definition) is 4. The third-order valence-electron chi connectivity index (χ3n) is 2.89. The molecule has 0 aliphatic carbocycles. The van der Waals surface area contributed by atoms with Gasteiger partial charge in [-0.25, -0.2) is 4.98 Å². The zero-order valence-corrected chi connectivity index (χ0v) is 9.98. The summed E-state index contributed by atoms with van der Waals surface area (Å²) in [5.41, 5.74) is 6.37. The molecule has 0 spiro atoms. The highest BCUT2D eigenvalue weighted by molar-refractivity contribution is 5.45. The molecule has 1 aromatic heterocycles. The van der Waals surface area contributed by atoms with Crippen LogP contribution in [0.1, 0.15) is 26.7 Å². The third-order valence-corrected chi connectivity index (χ3v) is 2.89. The Labute approximate surface area is 96.9 Å². The Morgan fingerprint density at radius 1 is 1.38 bits per heavy atom. The maximum absolute atomic E-state index is 9.92. The predicted octanol–water partition coefficient (Wildman–Crippen LogP) is 1.87. The topological polar surface area (TPSA) is 71.2 Å². The quantitative estimate of drug-likeness (QED) is 0.688. The first-order valence-electron chi connectivity index (χ1n) is 5.80. The molecule has 1 heterocycles. The third kappa shape index (κ3) is 3.70. The number of pyridine rings is 1. The van der Waals surface area contributed by atoms with Crippen LogP contribution in [0.25, 0.3) is 0 Å². The molecule has 1 aromatic rings. The molecule has 1 unspecified atom stereocenters. The molecule has 0 saturated carbocycles. The van der Waals surface area contributed by atoms with Crippen molar-refractivity contribution in [2.45, 2.75) is 32.8 Å². The zero-order chi connectivity index (χ0) is 12.0. The molecule has 0 aliphatic heterocycles. The molecule has 0 aliphatic rings. The lowest BCUT2D eigenvalue weighted by Gasteiger charge is -2.20. The molecule has 4 heteroatoms. The minimum atomic E-state index is -0.312. The summed E-state index contributed by atoms with van der Waals surface area (Å²) >= 11 is 0. The van der Waals surface area contributed by atoms with Crippen molar-refractivity contribution in [1.29, 1.82) is 0 Å². The van der Waals surface area contributed by atoms with Gasteiger partial charge in [0.15, 0.2) is 0 Å². The molecular weight excluding hydrogens is 202 g/mol. The van der Waals surface area contributed by atoms with Gasteiger partial charge in [0, 0.05) is 6.54 Å². The van der Waals surface area contributed by atoms with E-state index in [1.807, 2.05) is 6.07 Å². The number of hydrogen-bond donors (Lipinski definition) is 3. The summed E-state index contributed by atoms with van der Waals surface area (Å²) in [5.74, 6) is 0.861. The average molecular weight is 223 g/mol. The van der Waals surface area contributed by atoms with Crippen molar-refractivity contribution in [3.63, 3.8) is 0 Å². The number of aromatic nitrogens is 1. The number of nitrogens with zero attached hydrogens (tertiary/aromatic N) is 1. The van der Waals surface area contributed by atoms with E-state index in [-0.39, 0.29) is 6.10 Å². The van der Waals surface area contributed by atoms with Crippen LogP contribution < -0.4 is 11.1 Å². The largest absolute Gasteiger partial charge is 0.391 e. The maximum Gasteiger partial charge on any atom is 0.123 e. The average Bonchev–Trinajstić information content (AvgIpc) is 2.30. The molecule has 1 rings (SSSR count). The molecular formula is C12H21N3O. The lowest BCUT2D eigenvalue weighted by molar-refractivity contribution is 0.114.